The van der Waals surface area contributed by atoms with Gasteiger partial charge < -0.3 is 6.08 Å². The van der Waals surface area contributed by atoms with E-state index in [9.17, 15) is 0 Å². The van der Waals surface area contributed by atoms with Crippen LogP contribution < -0.4 is 0 Å². The van der Waals surface area contributed by atoms with Crippen LogP contribution >= 0.6 is 7.26 Å². The van der Waals surface area contributed by atoms with E-state index in [2.05, 4.69) is 53.8 Å². The van der Waals surface area contributed by atoms with Gasteiger partial charge in [-0.1, -0.05) is 34.1 Å². The van der Waals surface area contributed by atoms with Crippen molar-refractivity contribution >= 4 is 7.26 Å². The zero-order chi connectivity index (χ0) is 10.5. The predicted molar refractivity (Wildman–Crippen MR) is 63.6 cm³/mol. The second kappa shape index (κ2) is 2.83. The molecule has 0 radical (unpaired) electrons. The summed E-state index contributed by atoms with van der Waals surface area (Å²) in [5.74, 6) is 0. The number of allylic oxidation sites excluding steroid dienone is 2. The lowest BCUT2D eigenvalue weighted by molar-refractivity contribution is 0.326. The van der Waals surface area contributed by atoms with E-state index < -0.39 is 7.26 Å². The SMILES string of the molecule is CC1(C)[C-]=C([P+](C)(C)C)C(C)(C)C1. The van der Waals surface area contributed by atoms with Crippen LogP contribution in [0.15, 0.2) is 5.31 Å². The maximum Gasteiger partial charge on any atom is 0.0500 e. The van der Waals surface area contributed by atoms with Crippen LogP contribution in [0, 0.1) is 16.9 Å². The smallest absolute Gasteiger partial charge is 0.0500 e. The van der Waals surface area contributed by atoms with Crippen LogP contribution in [0.2, 0.25) is 0 Å². The molecule has 76 valence electrons. The summed E-state index contributed by atoms with van der Waals surface area (Å²) in [6.07, 6.45) is 4.98. The minimum atomic E-state index is -0.859. The molecule has 0 saturated heterocycles. The fourth-order valence-electron chi connectivity index (χ4n) is 2.80. The third-order valence-electron chi connectivity index (χ3n) is 2.65. The van der Waals surface area contributed by atoms with Gasteiger partial charge in [-0.3, -0.25) is 0 Å². The van der Waals surface area contributed by atoms with Gasteiger partial charge in [-0.2, -0.15) is 5.41 Å². The van der Waals surface area contributed by atoms with Crippen molar-refractivity contribution in [3.63, 3.8) is 0 Å². The van der Waals surface area contributed by atoms with Crippen LogP contribution in [0.5, 0.6) is 0 Å². The molecule has 1 aliphatic carbocycles. The molecule has 1 heteroatoms. The van der Waals surface area contributed by atoms with Gasteiger partial charge in [0.15, 0.2) is 0 Å². The Morgan fingerprint density at radius 3 is 1.69 bits per heavy atom. The molecular weight excluding hydrogens is 175 g/mol. The first-order valence-corrected chi connectivity index (χ1v) is 8.15. The lowest BCUT2D eigenvalue weighted by Crippen LogP contribution is -2.15. The first-order chi connectivity index (χ1) is 5.55. The van der Waals surface area contributed by atoms with E-state index in [1.807, 2.05) is 0 Å². The molecule has 0 amide bonds. The predicted octanol–water partition coefficient (Wildman–Crippen LogP) is 4.04. The fraction of sp³-hybridized carbons (Fsp3) is 0.833. The van der Waals surface area contributed by atoms with Crippen molar-refractivity contribution in [1.82, 2.24) is 0 Å². The summed E-state index contributed by atoms with van der Waals surface area (Å²) < 4.78 is 0. The Morgan fingerprint density at radius 2 is 1.54 bits per heavy atom. The Balaban J connectivity index is 3.08. The highest BCUT2D eigenvalue weighted by Gasteiger charge is 2.37. The van der Waals surface area contributed by atoms with Crippen molar-refractivity contribution in [2.75, 3.05) is 20.0 Å². The normalized spacial score (nSPS) is 25.9. The molecule has 0 aromatic carbocycles. The summed E-state index contributed by atoms with van der Waals surface area (Å²) in [5, 5.41) is 1.62. The summed E-state index contributed by atoms with van der Waals surface area (Å²) in [7, 11) is -0.859. The van der Waals surface area contributed by atoms with Gasteiger partial charge in [-0.05, 0) is 12.7 Å². The highest BCUT2D eigenvalue weighted by molar-refractivity contribution is 7.77. The minimum absolute atomic E-state index is 0.298. The van der Waals surface area contributed by atoms with Gasteiger partial charge in [-0.15, -0.1) is 5.31 Å². The topological polar surface area (TPSA) is 0 Å². The summed E-state index contributed by atoms with van der Waals surface area (Å²) >= 11 is 0. The molecule has 0 aromatic rings. The van der Waals surface area contributed by atoms with Crippen LogP contribution in [0.1, 0.15) is 34.1 Å². The van der Waals surface area contributed by atoms with Gasteiger partial charge in [0.25, 0.3) is 0 Å². The molecule has 0 bridgehead atoms. The van der Waals surface area contributed by atoms with E-state index >= 15 is 0 Å². The third kappa shape index (κ3) is 2.34. The molecule has 0 fully saturated rings. The molecule has 0 spiro atoms. The maximum atomic E-state index is 3.73. The monoisotopic (exact) mass is 198 g/mol. The van der Waals surface area contributed by atoms with Crippen molar-refractivity contribution in [3.8, 4) is 0 Å². The first kappa shape index (κ1) is 11.2. The molecule has 0 unspecified atom stereocenters. The fourth-order valence-corrected chi connectivity index (χ4v) is 5.33. The van der Waals surface area contributed by atoms with Gasteiger partial charge in [0.05, 0.1) is 0 Å². The zero-order valence-corrected chi connectivity index (χ0v) is 11.0. The van der Waals surface area contributed by atoms with Gasteiger partial charge in [0.1, 0.15) is 0 Å². The summed E-state index contributed by atoms with van der Waals surface area (Å²) in [4.78, 5) is 0. The number of rotatable bonds is 1. The van der Waals surface area contributed by atoms with Crippen LogP contribution in [0.3, 0.4) is 0 Å². The number of hydrogen-bond donors (Lipinski definition) is 0. The maximum absolute atomic E-state index is 3.73. The molecule has 0 aromatic heterocycles. The van der Waals surface area contributed by atoms with E-state index in [1.54, 1.807) is 5.31 Å². The molecule has 0 aliphatic heterocycles. The van der Waals surface area contributed by atoms with Crippen molar-refractivity contribution in [1.29, 1.82) is 0 Å². The highest BCUT2D eigenvalue weighted by Crippen LogP contribution is 2.67. The minimum Gasteiger partial charge on any atom is -0.449 e. The van der Waals surface area contributed by atoms with Gasteiger partial charge in [-0.25, -0.2) is 0 Å². The standard InChI is InChI=1S/C12H23P/c1-11(2)8-10(13(5,6)7)12(3,4)9-11/h9H2,1-7H3. The second-order valence-electron chi connectivity index (χ2n) is 6.43. The summed E-state index contributed by atoms with van der Waals surface area (Å²) in [5.41, 5.74) is 0.682. The van der Waals surface area contributed by atoms with E-state index in [-0.39, 0.29) is 0 Å². The van der Waals surface area contributed by atoms with Crippen LogP contribution in [-0.4, -0.2) is 20.0 Å². The average Bonchev–Trinajstić information content (AvgIpc) is 1.97. The van der Waals surface area contributed by atoms with Crippen molar-refractivity contribution < 1.29 is 0 Å². The Morgan fingerprint density at radius 1 is 1.08 bits per heavy atom. The third-order valence-corrected chi connectivity index (χ3v) is 4.71. The highest BCUT2D eigenvalue weighted by atomic mass is 31.2. The molecule has 13 heavy (non-hydrogen) atoms. The van der Waals surface area contributed by atoms with Crippen LogP contribution in [0.25, 0.3) is 0 Å². The van der Waals surface area contributed by atoms with E-state index in [0.717, 1.165) is 0 Å². The van der Waals surface area contributed by atoms with Crippen molar-refractivity contribution in [3.05, 3.63) is 11.4 Å². The molecule has 1 aliphatic rings. The molecule has 0 N–H and O–H groups in total. The van der Waals surface area contributed by atoms with Crippen molar-refractivity contribution in [2.24, 2.45) is 10.8 Å². The molecule has 1 rings (SSSR count). The molecular formula is C12H23P. The quantitative estimate of drug-likeness (QED) is 0.440. The van der Waals surface area contributed by atoms with Gasteiger partial charge in [0, 0.05) is 20.0 Å². The second-order valence-corrected chi connectivity index (χ2v) is 10.9. The molecule has 0 atom stereocenters. The number of hydrogen-bond acceptors (Lipinski definition) is 0. The van der Waals surface area contributed by atoms with E-state index in [1.165, 1.54) is 6.42 Å². The zero-order valence-electron chi connectivity index (χ0n) is 10.2. The van der Waals surface area contributed by atoms with E-state index in [0.29, 0.717) is 10.8 Å². The Kier molecular flexibility index (Phi) is 2.45. The summed E-state index contributed by atoms with van der Waals surface area (Å²) in [6, 6.07) is 0. The Bertz CT molecular complexity index is 238. The largest absolute Gasteiger partial charge is 0.449 e. The lowest BCUT2D eigenvalue weighted by Gasteiger charge is -2.33. The Labute approximate surface area is 84.1 Å². The summed E-state index contributed by atoms with van der Waals surface area (Å²) in [6.45, 7) is 16.6. The molecule has 0 heterocycles. The Hall–Kier alpha value is 0.170. The van der Waals surface area contributed by atoms with Crippen molar-refractivity contribution in [2.45, 2.75) is 34.1 Å². The molecule has 0 saturated carbocycles. The van der Waals surface area contributed by atoms with Crippen LogP contribution in [-0.2, 0) is 0 Å². The van der Waals surface area contributed by atoms with Gasteiger partial charge >= 0.3 is 0 Å². The lowest BCUT2D eigenvalue weighted by atomic mass is 9.83. The van der Waals surface area contributed by atoms with Crippen LogP contribution in [0.4, 0.5) is 0 Å². The van der Waals surface area contributed by atoms with E-state index in [4.69, 9.17) is 0 Å². The average molecular weight is 198 g/mol. The van der Waals surface area contributed by atoms with Gasteiger partial charge in [0.2, 0.25) is 0 Å². The molecule has 0 nitrogen and oxygen atoms in total. The first-order valence-electron chi connectivity index (χ1n) is 5.02.